The molecule has 0 fully saturated rings. The molecule has 0 bridgehead atoms. The van der Waals surface area contributed by atoms with Gasteiger partial charge in [0, 0.05) is 0 Å². The zero-order valence-corrected chi connectivity index (χ0v) is 33.2. The van der Waals surface area contributed by atoms with Crippen molar-refractivity contribution in [2.24, 2.45) is 17.8 Å². The Labute approximate surface area is 310 Å². The molecule has 8 heteroatoms. The van der Waals surface area contributed by atoms with Gasteiger partial charge in [0.15, 0.2) is 0 Å². The van der Waals surface area contributed by atoms with Gasteiger partial charge in [0.25, 0.3) is 0 Å². The fourth-order valence-corrected chi connectivity index (χ4v) is 6.10. The van der Waals surface area contributed by atoms with Crippen molar-refractivity contribution in [2.75, 3.05) is 19.8 Å². The third-order valence-corrected chi connectivity index (χ3v) is 9.27. The molecule has 292 valence electrons. The van der Waals surface area contributed by atoms with Crippen molar-refractivity contribution in [2.45, 2.75) is 176 Å². The van der Waals surface area contributed by atoms with E-state index in [0.717, 1.165) is 69.9 Å². The van der Waals surface area contributed by atoms with E-state index in [2.05, 4.69) is 41.5 Å². The molecule has 0 saturated heterocycles. The van der Waals surface area contributed by atoms with Crippen molar-refractivity contribution < 1.29 is 38.5 Å². The first-order valence-electron chi connectivity index (χ1n) is 20.4. The summed E-state index contributed by atoms with van der Waals surface area (Å²) in [5, 5.41) is 9.99. The molecule has 0 unspecified atom stereocenters. The summed E-state index contributed by atoms with van der Waals surface area (Å²) in [6.45, 7) is 13.8. The van der Waals surface area contributed by atoms with Crippen LogP contribution in [0.5, 0.6) is 0 Å². The number of unbranched alkanes of at least 4 members (excludes halogenated alkanes) is 15. The number of aromatic carboxylic acids is 1. The van der Waals surface area contributed by atoms with Crippen LogP contribution in [0.3, 0.4) is 0 Å². The van der Waals surface area contributed by atoms with Crippen LogP contribution in [0.15, 0.2) is 12.1 Å². The lowest BCUT2D eigenvalue weighted by Crippen LogP contribution is -2.20. The Kier molecular flexibility index (Phi) is 25.9. The Morgan fingerprint density at radius 1 is 0.412 bits per heavy atom. The number of rotatable bonds is 31. The van der Waals surface area contributed by atoms with Gasteiger partial charge in [-0.2, -0.15) is 0 Å². The van der Waals surface area contributed by atoms with Crippen molar-refractivity contribution in [3.05, 3.63) is 34.4 Å². The summed E-state index contributed by atoms with van der Waals surface area (Å²) in [6, 6.07) is 2.19. The van der Waals surface area contributed by atoms with Crippen LogP contribution in [-0.2, 0) is 14.2 Å². The highest BCUT2D eigenvalue weighted by Gasteiger charge is 2.28. The molecule has 1 rings (SSSR count). The minimum atomic E-state index is -1.40. The molecule has 1 N–H and O–H groups in total. The highest BCUT2D eigenvalue weighted by atomic mass is 16.5. The first-order valence-corrected chi connectivity index (χ1v) is 20.4. The lowest BCUT2D eigenvalue weighted by atomic mass is 9.98. The molecule has 51 heavy (non-hydrogen) atoms. The van der Waals surface area contributed by atoms with Gasteiger partial charge in [-0.15, -0.1) is 0 Å². The Morgan fingerprint density at radius 3 is 0.922 bits per heavy atom. The third-order valence-electron chi connectivity index (χ3n) is 9.27. The van der Waals surface area contributed by atoms with E-state index in [-0.39, 0.29) is 36.5 Å². The first kappa shape index (κ1) is 46.1. The maximum absolute atomic E-state index is 13.3. The minimum absolute atomic E-state index is 0.142. The number of carbonyl (C=O) groups is 4. The number of hydrogen-bond donors (Lipinski definition) is 1. The average Bonchev–Trinajstić information content (AvgIpc) is 3.08. The molecular formula is C43H72O8. The first-order chi connectivity index (χ1) is 24.4. The number of ether oxygens (including phenoxy) is 3. The van der Waals surface area contributed by atoms with Gasteiger partial charge in [-0.3, -0.25) is 0 Å². The predicted octanol–water partition coefficient (Wildman–Crippen LogP) is 12.0. The standard InChI is InChI=1S/C43H72O8/c1-33(2)25-19-13-7-10-16-22-28-49-41(46)37-32-39(43(48)51-30-24-18-12-9-15-21-27-35(5)6)38(31-36(37)40(44)45)42(47)50-29-23-17-11-8-14-20-26-34(3)4/h31-35H,7-30H2,1-6H3,(H,44,45). The van der Waals surface area contributed by atoms with Crippen molar-refractivity contribution in [1.82, 2.24) is 0 Å². The van der Waals surface area contributed by atoms with E-state index in [4.69, 9.17) is 14.2 Å². The maximum atomic E-state index is 13.3. The number of esters is 3. The quantitative estimate of drug-likeness (QED) is 0.0458. The van der Waals surface area contributed by atoms with Crippen LogP contribution >= 0.6 is 0 Å². The van der Waals surface area contributed by atoms with Gasteiger partial charge in [-0.1, -0.05) is 157 Å². The molecule has 0 atom stereocenters. The molecule has 1 aromatic carbocycles. The second-order valence-electron chi connectivity index (χ2n) is 15.6. The Hall–Kier alpha value is -2.90. The maximum Gasteiger partial charge on any atom is 0.339 e. The molecule has 0 heterocycles. The van der Waals surface area contributed by atoms with Crippen LogP contribution < -0.4 is 0 Å². The molecule has 0 spiro atoms. The van der Waals surface area contributed by atoms with E-state index in [1.54, 1.807) is 0 Å². The number of carboxylic acids is 1. The molecule has 0 aromatic heterocycles. The monoisotopic (exact) mass is 717 g/mol. The normalized spacial score (nSPS) is 11.4. The van der Waals surface area contributed by atoms with Crippen LogP contribution in [0.1, 0.15) is 218 Å². The lowest BCUT2D eigenvalue weighted by molar-refractivity contribution is 0.0446. The molecule has 1 aromatic rings. The summed E-state index contributed by atoms with van der Waals surface area (Å²) in [4.78, 5) is 52.0. The van der Waals surface area contributed by atoms with Crippen molar-refractivity contribution in [3.63, 3.8) is 0 Å². The van der Waals surface area contributed by atoms with Crippen LogP contribution in [0.4, 0.5) is 0 Å². The number of carbonyl (C=O) groups excluding carboxylic acids is 3. The van der Waals surface area contributed by atoms with E-state index in [1.807, 2.05) is 0 Å². The zero-order chi connectivity index (χ0) is 37.9. The van der Waals surface area contributed by atoms with Gasteiger partial charge < -0.3 is 19.3 Å². The van der Waals surface area contributed by atoms with Gasteiger partial charge in [-0.05, 0) is 49.1 Å². The second-order valence-corrected chi connectivity index (χ2v) is 15.6. The SMILES string of the molecule is CC(C)CCCCCCCCOC(=O)c1cc(C(=O)OCCCCCCCCC(C)C)c(C(=O)OCCCCCCCCC(C)C)cc1C(=O)O. The largest absolute Gasteiger partial charge is 0.478 e. The van der Waals surface area contributed by atoms with E-state index >= 15 is 0 Å². The topological polar surface area (TPSA) is 116 Å². The van der Waals surface area contributed by atoms with Crippen molar-refractivity contribution in [3.8, 4) is 0 Å². The fourth-order valence-electron chi connectivity index (χ4n) is 6.10. The summed E-state index contributed by atoms with van der Waals surface area (Å²) in [5.41, 5.74) is -1.09. The van der Waals surface area contributed by atoms with Crippen LogP contribution in [0.2, 0.25) is 0 Å². The molecule has 0 aliphatic carbocycles. The molecule has 0 saturated carbocycles. The molecule has 0 amide bonds. The van der Waals surface area contributed by atoms with E-state index in [9.17, 15) is 24.3 Å². The predicted molar refractivity (Wildman–Crippen MR) is 206 cm³/mol. The Morgan fingerprint density at radius 2 is 0.647 bits per heavy atom. The van der Waals surface area contributed by atoms with Gasteiger partial charge in [-0.25, -0.2) is 19.2 Å². The van der Waals surface area contributed by atoms with Crippen molar-refractivity contribution >= 4 is 23.9 Å². The van der Waals surface area contributed by atoms with Crippen LogP contribution in [-0.4, -0.2) is 48.8 Å². The summed E-state index contributed by atoms with van der Waals surface area (Å²) < 4.78 is 16.5. The fraction of sp³-hybridized carbons (Fsp3) is 0.767. The Bertz CT molecular complexity index is 1120. The van der Waals surface area contributed by atoms with E-state index in [1.165, 1.54) is 57.8 Å². The summed E-state index contributed by atoms with van der Waals surface area (Å²) in [6.07, 6.45) is 22.2. The second kappa shape index (κ2) is 28.7. The van der Waals surface area contributed by atoms with Crippen LogP contribution in [0.25, 0.3) is 0 Å². The van der Waals surface area contributed by atoms with Crippen LogP contribution in [0, 0.1) is 17.8 Å². The van der Waals surface area contributed by atoms with Gasteiger partial charge in [0.2, 0.25) is 0 Å². The Balaban J connectivity index is 2.86. The highest BCUT2D eigenvalue weighted by molar-refractivity contribution is 6.10. The molecule has 0 radical (unpaired) electrons. The molecule has 8 nitrogen and oxygen atoms in total. The van der Waals surface area contributed by atoms with Gasteiger partial charge in [0.1, 0.15) is 0 Å². The zero-order valence-electron chi connectivity index (χ0n) is 33.2. The number of hydrogen-bond acceptors (Lipinski definition) is 7. The number of benzene rings is 1. The van der Waals surface area contributed by atoms with Gasteiger partial charge >= 0.3 is 23.9 Å². The lowest BCUT2D eigenvalue weighted by Gasteiger charge is -2.14. The van der Waals surface area contributed by atoms with Gasteiger partial charge in [0.05, 0.1) is 42.1 Å². The molecular weight excluding hydrogens is 644 g/mol. The smallest absolute Gasteiger partial charge is 0.339 e. The van der Waals surface area contributed by atoms with Crippen molar-refractivity contribution in [1.29, 1.82) is 0 Å². The summed E-state index contributed by atoms with van der Waals surface area (Å²) in [7, 11) is 0. The third kappa shape index (κ3) is 22.6. The molecule has 0 aliphatic heterocycles. The molecule has 0 aliphatic rings. The average molecular weight is 717 g/mol. The summed E-state index contributed by atoms with van der Waals surface area (Å²) >= 11 is 0. The summed E-state index contributed by atoms with van der Waals surface area (Å²) in [5.74, 6) is -1.70. The number of carboxylic acid groups (broad SMARTS) is 1. The van der Waals surface area contributed by atoms with E-state index < -0.39 is 29.4 Å². The van der Waals surface area contributed by atoms with E-state index in [0.29, 0.717) is 37.0 Å². The minimum Gasteiger partial charge on any atom is -0.478 e. The highest BCUT2D eigenvalue weighted by Crippen LogP contribution is 2.22.